The van der Waals surface area contributed by atoms with Gasteiger partial charge in [-0.05, 0) is 30.9 Å². The van der Waals surface area contributed by atoms with E-state index in [1.807, 2.05) is 28.9 Å². The highest BCUT2D eigenvalue weighted by molar-refractivity contribution is 5.14. The molecule has 1 heterocycles. The van der Waals surface area contributed by atoms with Crippen LogP contribution in [0.5, 0.6) is 0 Å². The Morgan fingerprint density at radius 1 is 1.15 bits per heavy atom. The molecular weight excluding hydrogens is 332 g/mol. The van der Waals surface area contributed by atoms with E-state index in [0.717, 1.165) is 25.0 Å². The summed E-state index contributed by atoms with van der Waals surface area (Å²) in [5.41, 5.74) is 2.18. The maximum atomic E-state index is 10.5. The SMILES string of the molecule is COCCOCn1nccc1[C@H]1C[C@@H](OCc2ccccc2)CC[C@@H]1O. The molecule has 1 saturated carbocycles. The Kier molecular flexibility index (Phi) is 7.20. The van der Waals surface area contributed by atoms with Gasteiger partial charge in [0.05, 0.1) is 32.0 Å². The summed E-state index contributed by atoms with van der Waals surface area (Å²) < 4.78 is 18.5. The van der Waals surface area contributed by atoms with Gasteiger partial charge in [0.15, 0.2) is 0 Å². The van der Waals surface area contributed by atoms with Crippen LogP contribution >= 0.6 is 0 Å². The van der Waals surface area contributed by atoms with Gasteiger partial charge in [-0.2, -0.15) is 5.10 Å². The summed E-state index contributed by atoms with van der Waals surface area (Å²) in [4.78, 5) is 0. The molecule has 142 valence electrons. The predicted octanol–water partition coefficient (Wildman–Crippen LogP) is 2.72. The third kappa shape index (κ3) is 5.14. The molecule has 1 fully saturated rings. The van der Waals surface area contributed by atoms with Crippen LogP contribution in [0.25, 0.3) is 0 Å². The summed E-state index contributed by atoms with van der Waals surface area (Å²) in [6, 6.07) is 12.2. The minimum Gasteiger partial charge on any atom is -0.392 e. The van der Waals surface area contributed by atoms with Gasteiger partial charge < -0.3 is 19.3 Å². The number of aliphatic hydroxyl groups is 1. The molecule has 6 heteroatoms. The lowest BCUT2D eigenvalue weighted by Gasteiger charge is -2.33. The fraction of sp³-hybridized carbons (Fsp3) is 0.550. The Labute approximate surface area is 154 Å². The van der Waals surface area contributed by atoms with Crippen LogP contribution in [0.15, 0.2) is 42.6 Å². The number of rotatable bonds is 9. The monoisotopic (exact) mass is 360 g/mol. The maximum absolute atomic E-state index is 10.5. The smallest absolute Gasteiger partial charge is 0.139 e. The lowest BCUT2D eigenvalue weighted by atomic mass is 9.82. The van der Waals surface area contributed by atoms with Gasteiger partial charge in [0.2, 0.25) is 0 Å². The van der Waals surface area contributed by atoms with Crippen LogP contribution in [0.3, 0.4) is 0 Å². The maximum Gasteiger partial charge on any atom is 0.139 e. The quantitative estimate of drug-likeness (QED) is 0.697. The average Bonchev–Trinajstić information content (AvgIpc) is 3.14. The van der Waals surface area contributed by atoms with Crippen LogP contribution in [-0.4, -0.2) is 47.4 Å². The van der Waals surface area contributed by atoms with Crippen LogP contribution in [-0.2, 0) is 27.5 Å². The Bertz CT molecular complexity index is 646. The molecule has 1 aliphatic rings. The zero-order valence-electron chi connectivity index (χ0n) is 15.3. The standard InChI is InChI=1S/C20H28N2O4/c1-24-11-12-25-15-22-19(9-10-21-22)18-13-17(7-8-20(18)23)26-14-16-5-3-2-4-6-16/h2-6,9-10,17-18,20,23H,7-8,11-15H2,1H3/t17-,18+,20-/m0/s1. The molecule has 26 heavy (non-hydrogen) atoms. The minimum atomic E-state index is -0.374. The highest BCUT2D eigenvalue weighted by Gasteiger charge is 2.32. The summed E-state index contributed by atoms with van der Waals surface area (Å²) in [5.74, 6) is 0.0121. The fourth-order valence-electron chi connectivity index (χ4n) is 3.43. The van der Waals surface area contributed by atoms with Crippen LogP contribution in [0.1, 0.15) is 36.4 Å². The number of methoxy groups -OCH3 is 1. The van der Waals surface area contributed by atoms with E-state index < -0.39 is 0 Å². The third-order valence-corrected chi connectivity index (χ3v) is 4.87. The zero-order valence-corrected chi connectivity index (χ0v) is 15.3. The van der Waals surface area contributed by atoms with E-state index in [0.29, 0.717) is 26.6 Å². The minimum absolute atomic E-state index is 0.0121. The van der Waals surface area contributed by atoms with Crippen molar-refractivity contribution >= 4 is 0 Å². The Hall–Kier alpha value is -1.73. The topological polar surface area (TPSA) is 65.7 Å². The second-order valence-electron chi connectivity index (χ2n) is 6.69. The van der Waals surface area contributed by atoms with Crippen LogP contribution in [0.2, 0.25) is 0 Å². The van der Waals surface area contributed by atoms with E-state index in [2.05, 4.69) is 17.2 Å². The Balaban J connectivity index is 1.57. The molecule has 0 unspecified atom stereocenters. The summed E-state index contributed by atoms with van der Waals surface area (Å²) in [5, 5.41) is 14.9. The van der Waals surface area contributed by atoms with Gasteiger partial charge in [-0.1, -0.05) is 30.3 Å². The molecule has 1 N–H and O–H groups in total. The van der Waals surface area contributed by atoms with E-state index in [9.17, 15) is 5.11 Å². The van der Waals surface area contributed by atoms with Gasteiger partial charge >= 0.3 is 0 Å². The van der Waals surface area contributed by atoms with Crippen molar-refractivity contribution in [3.63, 3.8) is 0 Å². The van der Waals surface area contributed by atoms with E-state index in [1.165, 1.54) is 5.56 Å². The summed E-state index contributed by atoms with van der Waals surface area (Å²) in [6.07, 6.45) is 3.93. The summed E-state index contributed by atoms with van der Waals surface area (Å²) in [6.45, 7) is 2.04. The lowest BCUT2D eigenvalue weighted by Crippen LogP contribution is -2.33. The van der Waals surface area contributed by atoms with E-state index in [4.69, 9.17) is 14.2 Å². The van der Waals surface area contributed by atoms with Crippen molar-refractivity contribution in [2.75, 3.05) is 20.3 Å². The molecule has 1 aromatic carbocycles. The molecule has 3 atom stereocenters. The van der Waals surface area contributed by atoms with Crippen molar-refractivity contribution in [1.82, 2.24) is 9.78 Å². The Morgan fingerprint density at radius 3 is 2.81 bits per heavy atom. The average molecular weight is 360 g/mol. The third-order valence-electron chi connectivity index (χ3n) is 4.87. The summed E-state index contributed by atoms with van der Waals surface area (Å²) in [7, 11) is 1.65. The molecular formula is C20H28N2O4. The number of nitrogens with zero attached hydrogens (tertiary/aromatic N) is 2. The fourth-order valence-corrected chi connectivity index (χ4v) is 3.43. The molecule has 1 aromatic heterocycles. The van der Waals surface area contributed by atoms with Crippen molar-refractivity contribution in [2.45, 2.75) is 50.7 Å². The molecule has 0 saturated heterocycles. The normalized spacial score (nSPS) is 23.2. The van der Waals surface area contributed by atoms with Crippen molar-refractivity contribution in [3.05, 3.63) is 53.9 Å². The first-order chi connectivity index (χ1) is 12.8. The van der Waals surface area contributed by atoms with Crippen LogP contribution < -0.4 is 0 Å². The van der Waals surface area contributed by atoms with Crippen LogP contribution in [0.4, 0.5) is 0 Å². The van der Waals surface area contributed by atoms with E-state index >= 15 is 0 Å². The second-order valence-corrected chi connectivity index (χ2v) is 6.69. The van der Waals surface area contributed by atoms with Gasteiger partial charge in [-0.25, -0.2) is 4.68 Å². The number of benzene rings is 1. The van der Waals surface area contributed by atoms with Gasteiger partial charge in [-0.3, -0.25) is 0 Å². The zero-order chi connectivity index (χ0) is 18.2. The first-order valence-corrected chi connectivity index (χ1v) is 9.20. The van der Waals surface area contributed by atoms with Gasteiger partial charge in [0.25, 0.3) is 0 Å². The summed E-state index contributed by atoms with van der Waals surface area (Å²) >= 11 is 0. The van der Waals surface area contributed by atoms with Crippen molar-refractivity contribution in [3.8, 4) is 0 Å². The molecule has 0 bridgehead atoms. The molecule has 0 amide bonds. The number of hydrogen-bond acceptors (Lipinski definition) is 5. The molecule has 3 rings (SSSR count). The van der Waals surface area contributed by atoms with Crippen molar-refractivity contribution in [2.24, 2.45) is 0 Å². The molecule has 0 radical (unpaired) electrons. The number of ether oxygens (including phenoxy) is 3. The molecule has 2 aromatic rings. The van der Waals surface area contributed by atoms with Gasteiger partial charge in [0, 0.05) is 24.9 Å². The molecule has 0 spiro atoms. The Morgan fingerprint density at radius 2 is 2.00 bits per heavy atom. The van der Waals surface area contributed by atoms with Crippen molar-refractivity contribution in [1.29, 1.82) is 0 Å². The first kappa shape index (κ1) is 19.0. The van der Waals surface area contributed by atoms with Gasteiger partial charge in [0.1, 0.15) is 6.73 Å². The highest BCUT2D eigenvalue weighted by atomic mass is 16.5. The number of aromatic nitrogens is 2. The van der Waals surface area contributed by atoms with E-state index in [1.54, 1.807) is 13.3 Å². The molecule has 1 aliphatic carbocycles. The first-order valence-electron chi connectivity index (χ1n) is 9.20. The number of aliphatic hydroxyl groups excluding tert-OH is 1. The van der Waals surface area contributed by atoms with Crippen molar-refractivity contribution < 1.29 is 19.3 Å². The van der Waals surface area contributed by atoms with Crippen LogP contribution in [0, 0.1) is 0 Å². The highest BCUT2D eigenvalue weighted by Crippen LogP contribution is 2.35. The second kappa shape index (κ2) is 9.83. The molecule has 6 nitrogen and oxygen atoms in total. The van der Waals surface area contributed by atoms with E-state index in [-0.39, 0.29) is 18.1 Å². The van der Waals surface area contributed by atoms with Gasteiger partial charge in [-0.15, -0.1) is 0 Å². The lowest BCUT2D eigenvalue weighted by molar-refractivity contribution is -0.0262. The number of hydrogen-bond donors (Lipinski definition) is 1. The largest absolute Gasteiger partial charge is 0.392 e. The molecule has 0 aliphatic heterocycles. The predicted molar refractivity (Wildman–Crippen MR) is 97.7 cm³/mol.